The van der Waals surface area contributed by atoms with Crippen molar-refractivity contribution in [2.45, 2.75) is 13.0 Å². The van der Waals surface area contributed by atoms with Crippen molar-refractivity contribution in [1.82, 2.24) is 4.90 Å². The van der Waals surface area contributed by atoms with Gasteiger partial charge in [-0.25, -0.2) is 0 Å². The topological polar surface area (TPSA) is 19.7 Å². The van der Waals surface area contributed by atoms with Gasteiger partial charge in [0.15, 0.2) is 5.11 Å². The summed E-state index contributed by atoms with van der Waals surface area (Å²) in [5.41, 5.74) is 3.63. The maximum Gasteiger partial charge on any atom is 0.174 e. The first-order valence-corrected chi connectivity index (χ1v) is 8.55. The van der Waals surface area contributed by atoms with Gasteiger partial charge in [0.25, 0.3) is 0 Å². The fourth-order valence-electron chi connectivity index (χ4n) is 3.14. The second-order valence-electron chi connectivity index (χ2n) is 6.33. The van der Waals surface area contributed by atoms with Gasteiger partial charge in [-0.3, -0.25) is 0 Å². The molecule has 4 heteroatoms. The lowest BCUT2D eigenvalue weighted by atomic mass is 10.0. The van der Waals surface area contributed by atoms with Gasteiger partial charge < -0.3 is 15.1 Å². The molecule has 1 aliphatic heterocycles. The fourth-order valence-corrected chi connectivity index (χ4v) is 3.48. The molecule has 1 saturated heterocycles. The summed E-state index contributed by atoms with van der Waals surface area (Å²) in [5.74, 6) is 0. The third kappa shape index (κ3) is 3.89. The number of benzene rings is 2. The van der Waals surface area contributed by atoms with Gasteiger partial charge in [-0.1, -0.05) is 42.5 Å². The van der Waals surface area contributed by atoms with Crippen LogP contribution in [0, 0.1) is 6.92 Å². The summed E-state index contributed by atoms with van der Waals surface area (Å²) in [6, 6.07) is 19.4. The molecule has 0 bridgehead atoms. The Morgan fingerprint density at radius 1 is 1.17 bits per heavy atom. The third-order valence-corrected chi connectivity index (χ3v) is 4.75. The van der Waals surface area contributed by atoms with Gasteiger partial charge in [0.05, 0.1) is 20.1 Å². The molecule has 0 radical (unpaired) electrons. The molecule has 1 aliphatic rings. The van der Waals surface area contributed by atoms with Crippen molar-refractivity contribution < 1.29 is 4.90 Å². The Labute approximate surface area is 143 Å². The van der Waals surface area contributed by atoms with Gasteiger partial charge in [0.1, 0.15) is 12.6 Å². The molecule has 3 rings (SSSR count). The molecule has 120 valence electrons. The number of piperazine rings is 1. The molecule has 0 saturated carbocycles. The molecular weight excluding hydrogens is 302 g/mol. The highest BCUT2D eigenvalue weighted by atomic mass is 32.1. The number of nitrogens with one attached hydrogen (secondary N) is 2. The average Bonchev–Trinajstić information content (AvgIpc) is 2.55. The van der Waals surface area contributed by atoms with Crippen LogP contribution in [-0.4, -0.2) is 36.7 Å². The zero-order valence-corrected chi connectivity index (χ0v) is 14.6. The van der Waals surface area contributed by atoms with Gasteiger partial charge in [-0.2, -0.15) is 0 Å². The van der Waals surface area contributed by atoms with Crippen LogP contribution in [0.4, 0.5) is 5.69 Å². The van der Waals surface area contributed by atoms with Gasteiger partial charge in [-0.05, 0) is 42.4 Å². The van der Waals surface area contributed by atoms with Crippen LogP contribution in [0.3, 0.4) is 0 Å². The zero-order chi connectivity index (χ0) is 16.2. The average molecular weight is 326 g/mol. The molecule has 3 nitrogen and oxygen atoms in total. The molecule has 1 fully saturated rings. The van der Waals surface area contributed by atoms with E-state index in [9.17, 15) is 0 Å². The molecule has 0 aromatic heterocycles. The highest BCUT2D eigenvalue weighted by Crippen LogP contribution is 2.22. The summed E-state index contributed by atoms with van der Waals surface area (Å²) >= 11 is 5.72. The zero-order valence-electron chi connectivity index (χ0n) is 13.8. The van der Waals surface area contributed by atoms with Crippen LogP contribution in [0.2, 0.25) is 0 Å². The number of rotatable bonds is 2. The number of hydrogen-bond acceptors (Lipinski definition) is 1. The predicted octanol–water partition coefficient (Wildman–Crippen LogP) is 2.26. The van der Waals surface area contributed by atoms with E-state index in [-0.39, 0.29) is 0 Å². The van der Waals surface area contributed by atoms with Crippen LogP contribution in [-0.2, 0) is 0 Å². The van der Waals surface area contributed by atoms with Crippen molar-refractivity contribution in [2.75, 3.05) is 32.0 Å². The Hall–Kier alpha value is -1.91. The van der Waals surface area contributed by atoms with E-state index in [1.165, 1.54) is 11.1 Å². The van der Waals surface area contributed by atoms with E-state index in [1.807, 2.05) is 0 Å². The van der Waals surface area contributed by atoms with E-state index >= 15 is 0 Å². The van der Waals surface area contributed by atoms with Crippen molar-refractivity contribution in [3.8, 4) is 0 Å². The van der Waals surface area contributed by atoms with Crippen LogP contribution in [0.25, 0.3) is 0 Å². The quantitative estimate of drug-likeness (QED) is 0.826. The Balaban J connectivity index is 1.79. The van der Waals surface area contributed by atoms with Crippen LogP contribution < -0.4 is 10.2 Å². The van der Waals surface area contributed by atoms with E-state index in [4.69, 9.17) is 12.2 Å². The molecule has 2 aromatic rings. The van der Waals surface area contributed by atoms with Crippen LogP contribution in [0.15, 0.2) is 54.6 Å². The van der Waals surface area contributed by atoms with E-state index in [2.05, 4.69) is 78.8 Å². The van der Waals surface area contributed by atoms with Crippen LogP contribution >= 0.6 is 12.2 Å². The van der Waals surface area contributed by atoms with Crippen molar-refractivity contribution >= 4 is 23.0 Å². The summed E-state index contributed by atoms with van der Waals surface area (Å²) in [5, 5.41) is 4.23. The van der Waals surface area contributed by atoms with Crippen LogP contribution in [0.1, 0.15) is 17.2 Å². The summed E-state index contributed by atoms with van der Waals surface area (Å²) in [6.07, 6.45) is 0. The van der Waals surface area contributed by atoms with Crippen molar-refractivity contribution in [3.63, 3.8) is 0 Å². The highest BCUT2D eigenvalue weighted by Gasteiger charge is 2.30. The number of quaternary nitrogens is 1. The lowest BCUT2D eigenvalue weighted by Crippen LogP contribution is -3.12. The molecule has 0 amide bonds. The van der Waals surface area contributed by atoms with Gasteiger partial charge in [-0.15, -0.1) is 0 Å². The molecule has 2 N–H and O–H groups in total. The summed E-state index contributed by atoms with van der Waals surface area (Å²) in [7, 11) is 2.25. The Morgan fingerprint density at radius 2 is 1.96 bits per heavy atom. The minimum absolute atomic E-state index is 0.328. The third-order valence-electron chi connectivity index (χ3n) is 4.41. The van der Waals surface area contributed by atoms with E-state index < -0.39 is 0 Å². The largest absolute Gasteiger partial charge is 0.334 e. The Morgan fingerprint density at radius 3 is 2.70 bits per heavy atom. The van der Waals surface area contributed by atoms with Gasteiger partial charge >= 0.3 is 0 Å². The van der Waals surface area contributed by atoms with Crippen LogP contribution in [0.5, 0.6) is 0 Å². The maximum absolute atomic E-state index is 5.72. The van der Waals surface area contributed by atoms with E-state index in [0.29, 0.717) is 6.04 Å². The minimum Gasteiger partial charge on any atom is -0.334 e. The molecule has 0 spiro atoms. The molecule has 2 aromatic carbocycles. The number of thiocarbonyl (C=S) groups is 1. The highest BCUT2D eigenvalue weighted by molar-refractivity contribution is 7.80. The SMILES string of the molecule is Cc1cccc(NC(=S)N2CC[NH+](C)C[C@@H]2c2ccccc2)c1. The van der Waals surface area contributed by atoms with Gasteiger partial charge in [0, 0.05) is 5.69 Å². The second-order valence-corrected chi connectivity index (χ2v) is 6.72. The predicted molar refractivity (Wildman–Crippen MR) is 99.9 cm³/mol. The number of aryl methyl sites for hydroxylation is 1. The first-order valence-electron chi connectivity index (χ1n) is 8.14. The molecule has 2 atom stereocenters. The molecule has 23 heavy (non-hydrogen) atoms. The van der Waals surface area contributed by atoms with E-state index in [1.54, 1.807) is 4.90 Å². The van der Waals surface area contributed by atoms with Gasteiger partial charge in [0.2, 0.25) is 0 Å². The maximum atomic E-state index is 5.72. The summed E-state index contributed by atoms with van der Waals surface area (Å²) in [4.78, 5) is 3.88. The Kier molecular flexibility index (Phi) is 4.94. The van der Waals surface area contributed by atoms with E-state index in [0.717, 1.165) is 30.4 Å². The lowest BCUT2D eigenvalue weighted by molar-refractivity contribution is -0.887. The minimum atomic E-state index is 0.328. The lowest BCUT2D eigenvalue weighted by Gasteiger charge is -2.39. The van der Waals surface area contributed by atoms with Crippen molar-refractivity contribution in [2.24, 2.45) is 0 Å². The smallest absolute Gasteiger partial charge is 0.174 e. The Bertz CT molecular complexity index is 671. The summed E-state index contributed by atoms with van der Waals surface area (Å²) < 4.78 is 0. The monoisotopic (exact) mass is 326 g/mol. The first-order chi connectivity index (χ1) is 11.1. The number of nitrogens with zero attached hydrogens (tertiary/aromatic N) is 1. The number of hydrogen-bond donors (Lipinski definition) is 2. The van der Waals surface area contributed by atoms with Crippen molar-refractivity contribution in [3.05, 3.63) is 65.7 Å². The second kappa shape index (κ2) is 7.11. The van der Waals surface area contributed by atoms with Crippen molar-refractivity contribution in [1.29, 1.82) is 0 Å². The molecule has 1 unspecified atom stereocenters. The molecular formula is C19H24N3S+. The summed E-state index contributed by atoms with van der Waals surface area (Å²) in [6.45, 7) is 5.25. The number of likely N-dealkylation sites (N-methyl/N-ethyl adjacent to an activating group) is 1. The molecule has 1 heterocycles. The standard InChI is InChI=1S/C19H23N3S/c1-15-7-6-10-17(13-15)20-19(23)22-12-11-21(2)14-18(22)16-8-4-3-5-9-16/h3-10,13,18H,11-12,14H2,1-2H3,(H,20,23)/p+1/t18-/m1/s1. The number of anilines is 1. The normalized spacial score (nSPS) is 21.0. The fraction of sp³-hybridized carbons (Fsp3) is 0.316. The first kappa shape index (κ1) is 16.0. The molecule has 0 aliphatic carbocycles.